The lowest BCUT2D eigenvalue weighted by atomic mass is 10.1. The maximum atomic E-state index is 12.1. The summed E-state index contributed by atoms with van der Waals surface area (Å²) in [6.45, 7) is 4.61. The molecule has 0 aromatic heterocycles. The molecule has 0 bridgehead atoms. The van der Waals surface area contributed by atoms with E-state index < -0.39 is 0 Å². The fourth-order valence-corrected chi connectivity index (χ4v) is 2.69. The lowest BCUT2D eigenvalue weighted by Crippen LogP contribution is -2.46. The molecule has 0 saturated carbocycles. The van der Waals surface area contributed by atoms with Crippen LogP contribution >= 0.6 is 0 Å². The van der Waals surface area contributed by atoms with Gasteiger partial charge in [-0.05, 0) is 69.0 Å². The van der Waals surface area contributed by atoms with E-state index in [4.69, 9.17) is 10.9 Å². The van der Waals surface area contributed by atoms with Crippen molar-refractivity contribution in [3.8, 4) is 11.8 Å². The van der Waals surface area contributed by atoms with E-state index >= 15 is 0 Å². The monoisotopic (exact) mass is 439 g/mol. The van der Waals surface area contributed by atoms with Crippen LogP contribution in [0, 0.1) is 11.8 Å². The van der Waals surface area contributed by atoms with Crippen molar-refractivity contribution in [1.29, 1.82) is 0 Å². The van der Waals surface area contributed by atoms with Crippen LogP contribution in [-0.4, -0.2) is 50.9 Å². The van der Waals surface area contributed by atoms with Crippen molar-refractivity contribution >= 4 is 5.91 Å². The Labute approximate surface area is 192 Å². The van der Waals surface area contributed by atoms with E-state index in [-0.39, 0.29) is 25.0 Å². The van der Waals surface area contributed by atoms with E-state index in [9.17, 15) is 4.79 Å². The molecule has 7 nitrogen and oxygen atoms in total. The summed E-state index contributed by atoms with van der Waals surface area (Å²) in [7, 11) is 3.90. The van der Waals surface area contributed by atoms with Gasteiger partial charge in [-0.25, -0.2) is 5.48 Å². The number of rotatable bonds is 10. The van der Waals surface area contributed by atoms with Crippen LogP contribution in [-0.2, 0) is 6.54 Å². The summed E-state index contributed by atoms with van der Waals surface area (Å²) in [5, 5.41) is 17.6. The Kier molecular flexibility index (Phi) is 14.4. The molecule has 0 aliphatic heterocycles. The summed E-state index contributed by atoms with van der Waals surface area (Å²) in [5.74, 6) is 5.96. The molecule has 7 heteroatoms. The van der Waals surface area contributed by atoms with E-state index in [0.29, 0.717) is 5.56 Å². The van der Waals surface area contributed by atoms with E-state index in [2.05, 4.69) is 34.7 Å². The molecule has 0 aliphatic carbocycles. The number of nitrogens with two attached hydrogens (primary N) is 1. The average Bonchev–Trinajstić information content (AvgIpc) is 2.83. The SMILES string of the molecule is CCCCNC.CNCc1ccc(C#Cc2ccc(C(=O)NC(CN)CNO)cc2)cc1. The number of unbranched alkanes of at least 4 members (excludes halogenated alkanes) is 1. The molecule has 1 amide bonds. The summed E-state index contributed by atoms with van der Waals surface area (Å²) in [6, 6.07) is 14.8. The standard InChI is InChI=1S/C20H24N4O2.C5H13N/c1-22-13-17-6-4-15(5-7-17)2-3-16-8-10-18(11-9-16)20(25)24-19(12-21)14-23-26;1-3-4-5-6-2/h4-11,19,22-23,26H,12-14,21H2,1H3,(H,24,25);6H,3-5H2,1-2H3. The topological polar surface area (TPSA) is 111 Å². The second-order valence-corrected chi connectivity index (χ2v) is 7.28. The van der Waals surface area contributed by atoms with Gasteiger partial charge in [-0.15, -0.1) is 0 Å². The molecule has 2 rings (SSSR count). The number of hydrogen-bond acceptors (Lipinski definition) is 6. The van der Waals surface area contributed by atoms with Gasteiger partial charge >= 0.3 is 0 Å². The van der Waals surface area contributed by atoms with Gasteiger partial charge in [0, 0.05) is 36.3 Å². The van der Waals surface area contributed by atoms with Crippen molar-refractivity contribution in [3.05, 3.63) is 70.8 Å². The molecule has 0 spiro atoms. The van der Waals surface area contributed by atoms with Crippen LogP contribution in [0.15, 0.2) is 48.5 Å². The summed E-state index contributed by atoms with van der Waals surface area (Å²) < 4.78 is 0. The largest absolute Gasteiger partial charge is 0.347 e. The Morgan fingerprint density at radius 3 is 2.03 bits per heavy atom. The van der Waals surface area contributed by atoms with Gasteiger partial charge in [0.25, 0.3) is 5.91 Å². The highest BCUT2D eigenvalue weighted by Crippen LogP contribution is 2.06. The lowest BCUT2D eigenvalue weighted by Gasteiger charge is -2.15. The van der Waals surface area contributed by atoms with Crippen LogP contribution in [0.4, 0.5) is 0 Å². The quantitative estimate of drug-likeness (QED) is 0.191. The summed E-state index contributed by atoms with van der Waals surface area (Å²) in [5.41, 5.74) is 11.0. The minimum atomic E-state index is -0.335. The minimum Gasteiger partial charge on any atom is -0.347 e. The number of carbonyl (C=O) groups is 1. The first kappa shape index (κ1) is 27.3. The second kappa shape index (κ2) is 16.9. The number of nitrogens with one attached hydrogen (secondary N) is 4. The first-order valence-corrected chi connectivity index (χ1v) is 11.0. The number of amides is 1. The van der Waals surface area contributed by atoms with E-state index in [1.54, 1.807) is 24.3 Å². The average molecular weight is 440 g/mol. The highest BCUT2D eigenvalue weighted by Gasteiger charge is 2.11. The summed E-state index contributed by atoms with van der Waals surface area (Å²) in [6.07, 6.45) is 2.59. The van der Waals surface area contributed by atoms with E-state index in [1.807, 2.05) is 43.8 Å². The van der Waals surface area contributed by atoms with Gasteiger partial charge in [0.1, 0.15) is 0 Å². The Balaban J connectivity index is 0.000000751. The third-order valence-electron chi connectivity index (χ3n) is 4.57. The molecule has 0 heterocycles. The van der Waals surface area contributed by atoms with Crippen LogP contribution in [0.3, 0.4) is 0 Å². The predicted molar refractivity (Wildman–Crippen MR) is 131 cm³/mol. The van der Waals surface area contributed by atoms with Crippen LogP contribution < -0.4 is 27.2 Å². The molecule has 0 radical (unpaired) electrons. The van der Waals surface area contributed by atoms with Gasteiger partial charge in [0.15, 0.2) is 0 Å². The first-order valence-electron chi connectivity index (χ1n) is 11.0. The van der Waals surface area contributed by atoms with Gasteiger partial charge in [0.2, 0.25) is 0 Å². The third-order valence-corrected chi connectivity index (χ3v) is 4.57. The normalized spacial score (nSPS) is 10.9. The smallest absolute Gasteiger partial charge is 0.251 e. The van der Waals surface area contributed by atoms with E-state index in [0.717, 1.165) is 24.2 Å². The first-order chi connectivity index (χ1) is 15.6. The van der Waals surface area contributed by atoms with E-state index in [1.165, 1.54) is 18.4 Å². The molecule has 2 aromatic carbocycles. The molecule has 2 aromatic rings. The Bertz CT molecular complexity index is 822. The van der Waals surface area contributed by atoms with Crippen LogP contribution in [0.1, 0.15) is 46.8 Å². The van der Waals surface area contributed by atoms with Crippen LogP contribution in [0.25, 0.3) is 0 Å². The van der Waals surface area contributed by atoms with Crippen LogP contribution in [0.2, 0.25) is 0 Å². The molecular weight excluding hydrogens is 402 g/mol. The maximum Gasteiger partial charge on any atom is 0.251 e. The molecule has 32 heavy (non-hydrogen) atoms. The van der Waals surface area contributed by atoms with Gasteiger partial charge in [-0.3, -0.25) is 4.79 Å². The Hall–Kier alpha value is -2.73. The molecule has 0 fully saturated rings. The zero-order chi connectivity index (χ0) is 23.6. The van der Waals surface area contributed by atoms with Gasteiger partial charge in [-0.1, -0.05) is 37.3 Å². The number of carbonyl (C=O) groups excluding carboxylic acids is 1. The van der Waals surface area contributed by atoms with Crippen molar-refractivity contribution in [3.63, 3.8) is 0 Å². The fourth-order valence-electron chi connectivity index (χ4n) is 2.69. The molecule has 7 N–H and O–H groups in total. The fraction of sp³-hybridized carbons (Fsp3) is 0.400. The number of benzene rings is 2. The lowest BCUT2D eigenvalue weighted by molar-refractivity contribution is 0.0920. The summed E-state index contributed by atoms with van der Waals surface area (Å²) >= 11 is 0. The zero-order valence-electron chi connectivity index (χ0n) is 19.4. The van der Waals surface area contributed by atoms with Gasteiger partial charge in [-0.2, -0.15) is 0 Å². The Morgan fingerprint density at radius 2 is 1.59 bits per heavy atom. The second-order valence-electron chi connectivity index (χ2n) is 7.28. The van der Waals surface area contributed by atoms with Crippen molar-refractivity contribution < 1.29 is 10.0 Å². The molecule has 0 aliphatic rings. The maximum absolute atomic E-state index is 12.1. The molecule has 174 valence electrons. The minimum absolute atomic E-state index is 0.193. The highest BCUT2D eigenvalue weighted by atomic mass is 16.5. The van der Waals surface area contributed by atoms with Crippen molar-refractivity contribution in [2.45, 2.75) is 32.4 Å². The van der Waals surface area contributed by atoms with Crippen molar-refractivity contribution in [1.82, 2.24) is 21.4 Å². The predicted octanol–water partition coefficient (Wildman–Crippen LogP) is 1.85. The number of hydrogen-bond donors (Lipinski definition) is 6. The molecule has 1 unspecified atom stereocenters. The number of hydroxylamine groups is 1. The zero-order valence-corrected chi connectivity index (χ0v) is 19.4. The molecule has 1 atom stereocenters. The van der Waals surface area contributed by atoms with Crippen molar-refractivity contribution in [2.75, 3.05) is 33.7 Å². The third kappa shape index (κ3) is 11.0. The highest BCUT2D eigenvalue weighted by molar-refractivity contribution is 5.94. The van der Waals surface area contributed by atoms with Crippen LogP contribution in [0.5, 0.6) is 0 Å². The molecular formula is C25H37N5O2. The van der Waals surface area contributed by atoms with Gasteiger partial charge in [0.05, 0.1) is 6.04 Å². The van der Waals surface area contributed by atoms with Crippen molar-refractivity contribution in [2.24, 2.45) is 5.73 Å². The van der Waals surface area contributed by atoms with Gasteiger partial charge < -0.3 is 26.9 Å². The summed E-state index contributed by atoms with van der Waals surface area (Å²) in [4.78, 5) is 12.1. The molecule has 0 saturated heterocycles. The Morgan fingerprint density at radius 1 is 1.00 bits per heavy atom.